The Hall–Kier alpha value is -2.63. The molecule has 1 atom stereocenters. The molecule has 6 heteroatoms. The van der Waals surface area contributed by atoms with Gasteiger partial charge in [0.2, 0.25) is 0 Å². The van der Waals surface area contributed by atoms with Gasteiger partial charge in [-0.05, 0) is 53.1 Å². The zero-order valence-corrected chi connectivity index (χ0v) is 17.5. The van der Waals surface area contributed by atoms with E-state index in [9.17, 15) is 14.3 Å². The molecule has 0 aromatic heterocycles. The molecule has 4 rings (SSSR count). The maximum Gasteiger partial charge on any atom is 0.290 e. The van der Waals surface area contributed by atoms with Crippen molar-refractivity contribution in [2.75, 3.05) is 0 Å². The van der Waals surface area contributed by atoms with Crippen molar-refractivity contribution in [1.82, 2.24) is 4.90 Å². The fraction of sp³-hybridized carbons (Fsp3) is 0.0870. The molecule has 0 bridgehead atoms. The topological polar surface area (TPSA) is 40.5 Å². The van der Waals surface area contributed by atoms with Gasteiger partial charge < -0.3 is 10.0 Å². The van der Waals surface area contributed by atoms with Crippen LogP contribution < -0.4 is 0 Å². The normalized spacial score (nSPS) is 16.6. The maximum absolute atomic E-state index is 13.3. The van der Waals surface area contributed by atoms with E-state index in [1.807, 2.05) is 24.3 Å². The second-order valence-electron chi connectivity index (χ2n) is 6.78. The van der Waals surface area contributed by atoms with Gasteiger partial charge in [0.05, 0.1) is 6.04 Å². The van der Waals surface area contributed by atoms with Gasteiger partial charge in [-0.1, -0.05) is 63.9 Å². The summed E-state index contributed by atoms with van der Waals surface area (Å²) in [5.74, 6) is -1.09. The second-order valence-corrected chi connectivity index (χ2v) is 8.13. The first kappa shape index (κ1) is 19.7. The Bertz CT molecular complexity index is 1080. The molecule has 1 N–H and O–H groups in total. The molecule has 0 spiro atoms. The fourth-order valence-electron chi connectivity index (χ4n) is 3.52. The highest BCUT2D eigenvalue weighted by Crippen LogP contribution is 2.44. The summed E-state index contributed by atoms with van der Waals surface area (Å²) in [5.41, 5.74) is 2.87. The van der Waals surface area contributed by atoms with Crippen molar-refractivity contribution in [3.63, 3.8) is 0 Å². The first-order chi connectivity index (χ1) is 13.9. The van der Waals surface area contributed by atoms with Crippen LogP contribution in [0.4, 0.5) is 4.39 Å². The quantitative estimate of drug-likeness (QED) is 0.484. The van der Waals surface area contributed by atoms with Crippen LogP contribution in [0.1, 0.15) is 22.7 Å². The first-order valence-electron chi connectivity index (χ1n) is 8.94. The molecule has 1 unspecified atom stereocenters. The van der Waals surface area contributed by atoms with Gasteiger partial charge >= 0.3 is 0 Å². The summed E-state index contributed by atoms with van der Waals surface area (Å²) in [4.78, 5) is 14.6. The highest BCUT2D eigenvalue weighted by Gasteiger charge is 2.40. The van der Waals surface area contributed by atoms with Crippen LogP contribution in [-0.2, 0) is 11.3 Å². The van der Waals surface area contributed by atoms with E-state index in [0.29, 0.717) is 10.6 Å². The van der Waals surface area contributed by atoms with Crippen molar-refractivity contribution in [3.05, 3.63) is 111 Å². The van der Waals surface area contributed by atoms with Crippen molar-refractivity contribution >= 4 is 39.0 Å². The minimum absolute atomic E-state index is 0.237. The molecule has 0 fully saturated rings. The molecule has 1 aliphatic heterocycles. The zero-order valence-electron chi connectivity index (χ0n) is 15.1. The lowest BCUT2D eigenvalue weighted by molar-refractivity contribution is -0.130. The molecular weight excluding hydrogens is 457 g/mol. The van der Waals surface area contributed by atoms with E-state index in [-0.39, 0.29) is 18.1 Å². The van der Waals surface area contributed by atoms with Gasteiger partial charge in [0.25, 0.3) is 5.91 Å². The summed E-state index contributed by atoms with van der Waals surface area (Å²) in [6.45, 7) is 0.237. The smallest absolute Gasteiger partial charge is 0.290 e. The predicted octanol–water partition coefficient (Wildman–Crippen LogP) is 6.29. The maximum atomic E-state index is 13.3. The molecule has 1 aliphatic rings. The molecule has 1 heterocycles. The molecule has 146 valence electrons. The average molecular weight is 473 g/mol. The van der Waals surface area contributed by atoms with Crippen LogP contribution in [0.3, 0.4) is 0 Å². The summed E-state index contributed by atoms with van der Waals surface area (Å²) in [6, 6.07) is 20.1. The summed E-state index contributed by atoms with van der Waals surface area (Å²) in [5, 5.41) is 11.3. The third-order valence-electron chi connectivity index (χ3n) is 4.91. The van der Waals surface area contributed by atoms with E-state index in [1.54, 1.807) is 41.3 Å². The minimum atomic E-state index is -0.484. The lowest BCUT2D eigenvalue weighted by Crippen LogP contribution is -2.29. The van der Waals surface area contributed by atoms with Gasteiger partial charge in [-0.15, -0.1) is 0 Å². The van der Waals surface area contributed by atoms with Crippen molar-refractivity contribution in [2.45, 2.75) is 12.6 Å². The molecule has 3 nitrogen and oxygen atoms in total. The summed E-state index contributed by atoms with van der Waals surface area (Å²) >= 11 is 9.44. The van der Waals surface area contributed by atoms with Gasteiger partial charge in [0.1, 0.15) is 5.82 Å². The van der Waals surface area contributed by atoms with Crippen molar-refractivity contribution in [3.8, 4) is 0 Å². The van der Waals surface area contributed by atoms with Crippen molar-refractivity contribution in [1.29, 1.82) is 0 Å². The van der Waals surface area contributed by atoms with E-state index >= 15 is 0 Å². The number of nitrogens with zero attached hydrogens (tertiary/aromatic N) is 1. The number of aliphatic hydroxyl groups is 1. The van der Waals surface area contributed by atoms with Crippen molar-refractivity contribution < 1.29 is 14.3 Å². The van der Waals surface area contributed by atoms with E-state index in [1.165, 1.54) is 12.1 Å². The largest absolute Gasteiger partial charge is 0.503 e. The van der Waals surface area contributed by atoms with E-state index in [4.69, 9.17) is 11.6 Å². The Labute approximate surface area is 181 Å². The SMILES string of the molecule is O=C1C(O)=C(c2ccc(Cl)cc2)C(c2ccc(Br)cc2)N1Cc1ccc(F)cc1. The van der Waals surface area contributed by atoms with Crippen LogP contribution in [-0.4, -0.2) is 15.9 Å². The number of carbonyl (C=O) groups is 1. The number of hydrogen-bond acceptors (Lipinski definition) is 2. The van der Waals surface area contributed by atoms with Crippen LogP contribution >= 0.6 is 27.5 Å². The third kappa shape index (κ3) is 3.93. The van der Waals surface area contributed by atoms with Crippen LogP contribution in [0.5, 0.6) is 0 Å². The lowest BCUT2D eigenvalue weighted by Gasteiger charge is -2.27. The highest BCUT2D eigenvalue weighted by molar-refractivity contribution is 9.10. The Morgan fingerprint density at radius 3 is 2.21 bits per heavy atom. The fourth-order valence-corrected chi connectivity index (χ4v) is 3.91. The Morgan fingerprint density at radius 2 is 1.59 bits per heavy atom. The number of carbonyl (C=O) groups excluding carboxylic acids is 1. The molecule has 3 aromatic rings. The standard InChI is InChI=1S/C23H16BrClFNO2/c24-17-7-3-16(4-8-17)21-20(15-5-9-18(25)10-6-15)22(28)23(29)27(21)13-14-1-11-19(26)12-2-14/h1-12,21,28H,13H2. The molecule has 0 saturated carbocycles. The van der Waals surface area contributed by atoms with Crippen LogP contribution in [0.15, 0.2) is 83.0 Å². The van der Waals surface area contributed by atoms with E-state index in [0.717, 1.165) is 21.2 Å². The molecule has 0 radical (unpaired) electrons. The Morgan fingerprint density at radius 1 is 0.966 bits per heavy atom. The Kier molecular flexibility index (Phi) is 5.43. The van der Waals surface area contributed by atoms with Crippen LogP contribution in [0.2, 0.25) is 5.02 Å². The zero-order chi connectivity index (χ0) is 20.5. The number of halogens is 3. The number of benzene rings is 3. The van der Waals surface area contributed by atoms with E-state index in [2.05, 4.69) is 15.9 Å². The first-order valence-corrected chi connectivity index (χ1v) is 10.1. The third-order valence-corrected chi connectivity index (χ3v) is 5.69. The number of aliphatic hydroxyl groups excluding tert-OH is 1. The Balaban J connectivity index is 1.80. The van der Waals surface area contributed by atoms with Crippen LogP contribution in [0.25, 0.3) is 5.57 Å². The summed E-state index contributed by atoms with van der Waals surface area (Å²) in [6.07, 6.45) is 0. The summed E-state index contributed by atoms with van der Waals surface area (Å²) < 4.78 is 14.2. The van der Waals surface area contributed by atoms with E-state index < -0.39 is 11.9 Å². The van der Waals surface area contributed by atoms with Crippen molar-refractivity contribution in [2.24, 2.45) is 0 Å². The average Bonchev–Trinajstić information content (AvgIpc) is 2.96. The van der Waals surface area contributed by atoms with Gasteiger partial charge in [-0.2, -0.15) is 0 Å². The molecule has 0 saturated heterocycles. The van der Waals surface area contributed by atoms with Gasteiger partial charge in [-0.25, -0.2) is 4.39 Å². The number of hydrogen-bond donors (Lipinski definition) is 1. The number of rotatable bonds is 4. The van der Waals surface area contributed by atoms with Gasteiger partial charge in [-0.3, -0.25) is 4.79 Å². The highest BCUT2D eigenvalue weighted by atomic mass is 79.9. The predicted molar refractivity (Wildman–Crippen MR) is 115 cm³/mol. The molecule has 1 amide bonds. The molecule has 29 heavy (non-hydrogen) atoms. The van der Waals surface area contributed by atoms with Gasteiger partial charge in [0, 0.05) is 21.6 Å². The lowest BCUT2D eigenvalue weighted by atomic mass is 9.93. The molecule has 3 aromatic carbocycles. The minimum Gasteiger partial charge on any atom is -0.503 e. The van der Waals surface area contributed by atoms with Gasteiger partial charge in [0.15, 0.2) is 5.76 Å². The van der Waals surface area contributed by atoms with Crippen LogP contribution in [0, 0.1) is 5.82 Å². The monoisotopic (exact) mass is 471 g/mol. The molecule has 0 aliphatic carbocycles. The second kappa shape index (κ2) is 8.01. The summed E-state index contributed by atoms with van der Waals surface area (Å²) in [7, 11) is 0. The molecular formula is C23H16BrClFNO2. The number of amides is 1.